The quantitative estimate of drug-likeness (QED) is 0.314. The van der Waals surface area contributed by atoms with Gasteiger partial charge in [-0.3, -0.25) is 0 Å². The van der Waals surface area contributed by atoms with Gasteiger partial charge in [-0.25, -0.2) is 0 Å². The zero-order chi connectivity index (χ0) is 8.24. The van der Waals surface area contributed by atoms with Crippen molar-refractivity contribution in [3.8, 4) is 0 Å². The number of unbranched alkanes of at least 4 members (excludes halogenated alkanes) is 3. The molecule has 0 fully saturated rings. The molecule has 0 aromatic carbocycles. The summed E-state index contributed by atoms with van der Waals surface area (Å²) in [4.78, 5) is 0. The monoisotopic (exact) mass is 134 g/mol. The van der Waals surface area contributed by atoms with E-state index in [4.69, 9.17) is 0 Å². The summed E-state index contributed by atoms with van der Waals surface area (Å²) in [5.74, 6) is 0. The Labute approximate surface area is 75.3 Å². The van der Waals surface area contributed by atoms with E-state index in [2.05, 4.69) is 38.1 Å². The Kier molecular flexibility index (Phi) is 21.0. The van der Waals surface area contributed by atoms with Gasteiger partial charge in [0.1, 0.15) is 0 Å². The molecule has 0 radical (unpaired) electrons. The fourth-order valence-corrected chi connectivity index (χ4v) is 0.500. The molecule has 0 saturated heterocycles. The van der Waals surface area contributed by atoms with E-state index >= 15 is 0 Å². The zero-order valence-corrected chi connectivity index (χ0v) is 7.82. The molecule has 0 saturated carbocycles. The van der Waals surface area contributed by atoms with Crippen LogP contribution in [0.4, 0.5) is 0 Å². The van der Waals surface area contributed by atoms with Gasteiger partial charge in [0.05, 0.1) is 0 Å². The van der Waals surface area contributed by atoms with Gasteiger partial charge in [0.25, 0.3) is 0 Å². The van der Waals surface area contributed by atoms with E-state index < -0.39 is 0 Å². The van der Waals surface area contributed by atoms with Crippen molar-refractivity contribution in [3.63, 3.8) is 0 Å². The molecule has 0 rings (SSSR count). The summed E-state index contributed by atoms with van der Waals surface area (Å²) in [7, 11) is 0. The first kappa shape index (κ1) is 13.0. The molecule has 10 heavy (non-hydrogen) atoms. The second kappa shape index (κ2) is 16.2. The van der Waals surface area contributed by atoms with E-state index in [-0.39, 0.29) is 0 Å². The Morgan fingerprint density at radius 1 is 1.20 bits per heavy atom. The molecule has 1 heteroatoms. The average Bonchev–Trinajstić information content (AvgIpc) is 2.01. The van der Waals surface area contributed by atoms with E-state index in [1.165, 1.54) is 25.7 Å². The van der Waals surface area contributed by atoms with Crippen molar-refractivity contribution in [1.29, 1.82) is 0 Å². The SMILES string of the molecule is CCCCCC.[Li][CH2]C=C. The first-order chi connectivity index (χ1) is 4.83. The summed E-state index contributed by atoms with van der Waals surface area (Å²) in [6, 6.07) is 0. The number of allylic oxidation sites excluding steroid dienone is 1. The summed E-state index contributed by atoms with van der Waals surface area (Å²) < 4.78 is 0. The van der Waals surface area contributed by atoms with Crippen molar-refractivity contribution in [2.75, 3.05) is 0 Å². The van der Waals surface area contributed by atoms with Crippen molar-refractivity contribution >= 4 is 17.7 Å². The van der Waals surface area contributed by atoms with Gasteiger partial charge in [0.2, 0.25) is 0 Å². The zero-order valence-electron chi connectivity index (χ0n) is 7.82. The van der Waals surface area contributed by atoms with Crippen LogP contribution in [0.1, 0.15) is 39.5 Å². The Morgan fingerprint density at radius 3 is 1.60 bits per heavy atom. The van der Waals surface area contributed by atoms with Gasteiger partial charge in [-0.05, 0) is 0 Å². The first-order valence-corrected chi connectivity index (χ1v) is 4.44. The van der Waals surface area contributed by atoms with Crippen molar-refractivity contribution in [2.45, 2.75) is 44.6 Å². The van der Waals surface area contributed by atoms with Crippen molar-refractivity contribution in [3.05, 3.63) is 12.7 Å². The van der Waals surface area contributed by atoms with E-state index in [0.29, 0.717) is 0 Å². The van der Waals surface area contributed by atoms with E-state index in [9.17, 15) is 0 Å². The number of rotatable bonds is 4. The fraction of sp³-hybridized carbons (Fsp3) is 0.778. The van der Waals surface area contributed by atoms with E-state index in [0.717, 1.165) is 5.09 Å². The fourth-order valence-electron chi connectivity index (χ4n) is 0.500. The molecule has 0 unspecified atom stereocenters. The molecule has 0 atom stereocenters. The van der Waals surface area contributed by atoms with Crippen LogP contribution in [0.15, 0.2) is 12.7 Å². The molecular weight excluding hydrogens is 115 g/mol. The van der Waals surface area contributed by atoms with Gasteiger partial charge in [-0.15, -0.1) is 0 Å². The maximum absolute atomic E-state index is 3.48. The van der Waals surface area contributed by atoms with Gasteiger partial charge in [0.15, 0.2) is 0 Å². The summed E-state index contributed by atoms with van der Waals surface area (Å²) in [6.45, 7) is 7.94. The second-order valence-corrected chi connectivity index (χ2v) is 2.40. The van der Waals surface area contributed by atoms with Crippen LogP contribution in [0.25, 0.3) is 0 Å². The normalized spacial score (nSPS) is 8.00. The molecule has 0 nitrogen and oxygen atoms in total. The van der Waals surface area contributed by atoms with Gasteiger partial charge in [-0.1, -0.05) is 39.5 Å². The van der Waals surface area contributed by atoms with Crippen LogP contribution in [0.3, 0.4) is 0 Å². The molecule has 0 bridgehead atoms. The summed E-state index contributed by atoms with van der Waals surface area (Å²) >= 11 is 2.06. The van der Waals surface area contributed by atoms with Crippen molar-refractivity contribution in [2.24, 2.45) is 0 Å². The second-order valence-electron chi connectivity index (χ2n) is 2.40. The predicted octanol–water partition coefficient (Wildman–Crippen LogP) is 3.35. The minimum absolute atomic E-state index is 1.08. The molecule has 0 aromatic heterocycles. The minimum atomic E-state index is 1.08. The summed E-state index contributed by atoms with van der Waals surface area (Å²) in [6.07, 6.45) is 7.41. The molecule has 0 aliphatic carbocycles. The van der Waals surface area contributed by atoms with Crippen LogP contribution < -0.4 is 0 Å². The summed E-state index contributed by atoms with van der Waals surface area (Å²) in [5.41, 5.74) is 0. The Morgan fingerprint density at radius 2 is 1.50 bits per heavy atom. The van der Waals surface area contributed by atoms with Gasteiger partial charge in [-0.2, -0.15) is 0 Å². The molecule has 56 valence electrons. The van der Waals surface area contributed by atoms with Crippen LogP contribution in [0, 0.1) is 0 Å². The molecule has 0 N–H and O–H groups in total. The maximum atomic E-state index is 3.48. The third kappa shape index (κ3) is 23.9. The van der Waals surface area contributed by atoms with Crippen molar-refractivity contribution in [1.82, 2.24) is 0 Å². The van der Waals surface area contributed by atoms with Crippen molar-refractivity contribution < 1.29 is 0 Å². The Hall–Kier alpha value is 0.337. The van der Waals surface area contributed by atoms with Crippen LogP contribution in [0.5, 0.6) is 0 Å². The molecule has 0 spiro atoms. The average molecular weight is 134 g/mol. The molecule has 0 amide bonds. The van der Waals surface area contributed by atoms with Crippen LogP contribution in [-0.4, -0.2) is 17.7 Å². The summed E-state index contributed by atoms with van der Waals surface area (Å²) in [5, 5.41) is 1.08. The third-order valence-electron chi connectivity index (χ3n) is 1.25. The Balaban J connectivity index is 0. The van der Waals surface area contributed by atoms with Crippen LogP contribution in [0.2, 0.25) is 5.09 Å². The third-order valence-corrected chi connectivity index (χ3v) is 1.25. The molecule has 0 heterocycles. The van der Waals surface area contributed by atoms with Gasteiger partial charge in [0, 0.05) is 0 Å². The predicted molar refractivity (Wildman–Crippen MR) is 50.6 cm³/mol. The van der Waals surface area contributed by atoms with E-state index in [1.807, 2.05) is 6.08 Å². The van der Waals surface area contributed by atoms with Gasteiger partial charge >= 0.3 is 35.5 Å². The van der Waals surface area contributed by atoms with Crippen LogP contribution >= 0.6 is 0 Å². The van der Waals surface area contributed by atoms with Crippen LogP contribution in [-0.2, 0) is 0 Å². The van der Waals surface area contributed by atoms with Gasteiger partial charge < -0.3 is 0 Å². The van der Waals surface area contributed by atoms with E-state index in [1.54, 1.807) is 0 Å². The number of hydrogen-bond donors (Lipinski definition) is 0. The topological polar surface area (TPSA) is 0 Å². The molecule has 0 aliphatic heterocycles. The molecule has 0 aliphatic rings. The molecular formula is C9H19Li. The first-order valence-electron chi connectivity index (χ1n) is 4.44. The number of hydrogen-bond acceptors (Lipinski definition) is 0. The Bertz CT molecular complexity index is 46.7. The standard InChI is InChI=1S/C6H14.C3H5.Li/c1-3-5-6-4-2;1-3-2;/h3-6H2,1-2H3;3H,1-2H2;. The molecule has 0 aromatic rings.